The summed E-state index contributed by atoms with van der Waals surface area (Å²) >= 11 is 1.41. The van der Waals surface area contributed by atoms with Gasteiger partial charge in [0.05, 0.1) is 48.0 Å². The number of pyridine rings is 1. The lowest BCUT2D eigenvalue weighted by molar-refractivity contribution is -0.250. The van der Waals surface area contributed by atoms with Crippen molar-refractivity contribution in [3.8, 4) is 11.1 Å². The molecule has 4 saturated carbocycles. The van der Waals surface area contributed by atoms with Crippen molar-refractivity contribution < 1.29 is 72.0 Å². The summed E-state index contributed by atoms with van der Waals surface area (Å²) in [4.78, 5) is 137. The van der Waals surface area contributed by atoms with Gasteiger partial charge in [0, 0.05) is 85.9 Å². The van der Waals surface area contributed by atoms with E-state index in [0.717, 1.165) is 70.5 Å². The lowest BCUT2D eigenvalue weighted by atomic mass is 9.39. The van der Waals surface area contributed by atoms with Gasteiger partial charge in [-0.05, 0) is 159 Å². The van der Waals surface area contributed by atoms with Crippen LogP contribution in [0.5, 0.6) is 0 Å². The normalized spacial score (nSPS) is 21.2. The Balaban J connectivity index is 0.646. The van der Waals surface area contributed by atoms with E-state index in [4.69, 9.17) is 24.3 Å². The maximum atomic E-state index is 13.8. The Labute approximate surface area is 590 Å². The number of fused-ring (bicyclic) bond motifs is 2. The van der Waals surface area contributed by atoms with Gasteiger partial charge in [0.2, 0.25) is 17.7 Å². The van der Waals surface area contributed by atoms with Crippen LogP contribution in [0, 0.1) is 29.1 Å². The third-order valence-electron chi connectivity index (χ3n) is 20.0. The van der Waals surface area contributed by atoms with Crippen molar-refractivity contribution in [2.45, 2.75) is 156 Å². The second-order valence-corrected chi connectivity index (χ2v) is 31.8. The smallest absolute Gasteiger partial charge is 0.410 e. The first-order valence-corrected chi connectivity index (χ1v) is 37.2. The third kappa shape index (κ3) is 18.0. The number of nitrogens with one attached hydrogen (secondary N) is 4. The highest BCUT2D eigenvalue weighted by Crippen LogP contribution is 2.72. The van der Waals surface area contributed by atoms with Crippen molar-refractivity contribution >= 4 is 93.3 Å². The quantitative estimate of drug-likeness (QED) is 0.0117. The van der Waals surface area contributed by atoms with Gasteiger partial charge in [0.15, 0.2) is 10.8 Å². The molecule has 3 aromatic heterocycles. The number of hydrogen-bond donors (Lipinski definition) is 7. The van der Waals surface area contributed by atoms with Crippen LogP contribution < -0.4 is 26.2 Å². The largest absolute Gasteiger partial charge is 0.476 e. The summed E-state index contributed by atoms with van der Waals surface area (Å²) in [7, 11) is -4.36. The Kier molecular flexibility index (Phi) is 22.5. The van der Waals surface area contributed by atoms with Crippen LogP contribution in [0.4, 0.5) is 21.4 Å². The number of aromatic carboxylic acids is 1. The van der Waals surface area contributed by atoms with Gasteiger partial charge in [0.25, 0.3) is 17.7 Å². The number of para-hydroxylation sites is 1. The highest BCUT2D eigenvalue weighted by molar-refractivity contribution is 7.51. The van der Waals surface area contributed by atoms with E-state index < -0.39 is 55.3 Å². The Hall–Kier alpha value is -8.72. The molecular weight excluding hydrogens is 1330 g/mol. The first-order chi connectivity index (χ1) is 48.1. The van der Waals surface area contributed by atoms with Crippen LogP contribution in [-0.4, -0.2) is 162 Å². The molecule has 4 aliphatic carbocycles. The van der Waals surface area contributed by atoms with E-state index in [1.807, 2.05) is 65.0 Å². The maximum absolute atomic E-state index is 13.8. The average molecular weight is 1420 g/mol. The molecule has 2 aliphatic heterocycles. The van der Waals surface area contributed by atoms with Gasteiger partial charge >= 0.3 is 19.7 Å². The fraction of sp³-hybridized carbons (Fsp3) is 0.493. The van der Waals surface area contributed by atoms with E-state index >= 15 is 0 Å². The number of aromatic nitrogens is 4. The van der Waals surface area contributed by atoms with E-state index in [9.17, 15) is 57.8 Å². The second kappa shape index (κ2) is 30.9. The number of nitrogens with zero attached hydrogens (tertiary/aromatic N) is 7. The maximum Gasteiger partial charge on any atom is 0.410 e. The number of carboxylic acids is 1. The minimum atomic E-state index is -4.36. The van der Waals surface area contributed by atoms with E-state index in [-0.39, 0.29) is 104 Å². The van der Waals surface area contributed by atoms with Crippen LogP contribution in [0.15, 0.2) is 97.2 Å². The SMILES string of the molecule is Cc1c(-c2ccc(N3CCc4cccc(C(=O)Nc5nc6ccccc6s5)c4C3)nc2C(=O)O)cnn1CC12CC3(C)CC(C)(C1)CC(OCCOCCN(CCCP(=O)(O)O)C(=O)OCc1ccc(NC(=O)[C@H](C)NC(=O)[C@@H](NC(=O)CCCCCN4C(=O)C=CC4=O)C(C)C)cc1)(C3)C2. The van der Waals surface area contributed by atoms with Crippen molar-refractivity contribution in [1.29, 1.82) is 0 Å². The zero-order chi connectivity index (χ0) is 72.0. The molecule has 3 aromatic carbocycles. The lowest BCUT2D eigenvalue weighted by Crippen LogP contribution is -2.64. The first-order valence-electron chi connectivity index (χ1n) is 34.6. The minimum Gasteiger partial charge on any atom is -0.476 e. The van der Waals surface area contributed by atoms with Crippen molar-refractivity contribution in [1.82, 2.24) is 40.2 Å². The summed E-state index contributed by atoms with van der Waals surface area (Å²) in [6, 6.07) is 21.7. The predicted octanol–water partition coefficient (Wildman–Crippen LogP) is 9.80. The van der Waals surface area contributed by atoms with E-state index in [1.165, 1.54) is 35.3 Å². The zero-order valence-electron chi connectivity index (χ0n) is 58.0. The van der Waals surface area contributed by atoms with Crippen LogP contribution in [-0.2, 0) is 68.9 Å². The molecule has 4 fully saturated rings. The Morgan fingerprint density at radius 2 is 1.51 bits per heavy atom. The molecule has 2 unspecified atom stereocenters. The molecule has 0 saturated heterocycles. The van der Waals surface area contributed by atoms with Crippen LogP contribution in [0.3, 0.4) is 0 Å². The number of imide groups is 1. The van der Waals surface area contributed by atoms with Crippen molar-refractivity contribution in [2.24, 2.45) is 22.2 Å². The number of benzene rings is 3. The number of ether oxygens (including phenoxy) is 3. The fourth-order valence-electron chi connectivity index (χ4n) is 16.5. The first kappa shape index (κ1) is 73.5. The number of thiazole rings is 1. The summed E-state index contributed by atoms with van der Waals surface area (Å²) in [5, 5.41) is 27.4. The molecule has 6 aromatic rings. The molecule has 7 amide bonds. The van der Waals surface area contributed by atoms with Gasteiger partial charge in [0.1, 0.15) is 24.5 Å². The van der Waals surface area contributed by atoms with Gasteiger partial charge in [-0.15, -0.1) is 0 Å². The molecular formula is C73H90N11O15PS. The van der Waals surface area contributed by atoms with Gasteiger partial charge in [-0.3, -0.25) is 48.2 Å². The van der Waals surface area contributed by atoms with E-state index in [2.05, 4.69) is 40.1 Å². The van der Waals surface area contributed by atoms with Gasteiger partial charge in [-0.2, -0.15) is 5.10 Å². The molecule has 0 spiro atoms. The molecule has 26 nitrogen and oxygen atoms in total. The highest BCUT2D eigenvalue weighted by Gasteiger charge is 2.66. The molecule has 538 valence electrons. The molecule has 4 bridgehead atoms. The van der Waals surface area contributed by atoms with Crippen molar-refractivity contribution in [3.63, 3.8) is 0 Å². The Morgan fingerprint density at radius 3 is 2.23 bits per heavy atom. The highest BCUT2D eigenvalue weighted by atomic mass is 32.1. The zero-order valence-corrected chi connectivity index (χ0v) is 59.7. The number of carbonyl (C=O) groups is 8. The Bertz CT molecular complexity index is 4140. The number of unbranched alkanes of at least 4 members (excludes halogenated alkanes) is 2. The molecule has 7 N–H and O–H groups in total. The standard InChI is InChI=1S/C73H90N11O15PS/c1-46(2)62(79-59(85)18-8-7-11-29-83-60(86)25-26-61(83)87)66(90)75-47(3)64(88)76-51-21-19-49(20-22-51)38-98-69(93)81(28-13-35-100(94,95)96)31-32-97-33-34-99-73-42-70(5)39-71(6,43-73)41-72(40-70,44-73)45-84-48(4)54(36-74-84)52-23-24-58(78-63(52)67(91)92)82-30-27-50-14-12-15-53(55(50)37-82)65(89)80-68-77-56-16-9-10-17-57(56)101-68/h9-10,12,14-17,19-26,36,46-47,62H,7-8,11,13,18,27-35,37-45H2,1-6H3,(H,75,90)(H,76,88)(H,79,85)(H,91,92)(H,77,80,89)(H2,94,95,96)/t47-,62-,70?,71?,72?,73?/m0/s1. The molecule has 4 atom stereocenters. The van der Waals surface area contributed by atoms with Gasteiger partial charge in [-0.25, -0.2) is 19.6 Å². The minimum absolute atomic E-state index is 0.000274. The third-order valence-corrected chi connectivity index (χ3v) is 21.9. The molecule has 12 rings (SSSR count). The molecule has 28 heteroatoms. The molecule has 0 radical (unpaired) electrons. The predicted molar refractivity (Wildman–Crippen MR) is 379 cm³/mol. The Morgan fingerprint density at radius 1 is 0.772 bits per heavy atom. The summed E-state index contributed by atoms with van der Waals surface area (Å²) in [5.74, 6) is -3.33. The number of carbonyl (C=O) groups excluding carboxylic acids is 7. The van der Waals surface area contributed by atoms with Crippen LogP contribution in [0.2, 0.25) is 0 Å². The van der Waals surface area contributed by atoms with Crippen LogP contribution in [0.25, 0.3) is 21.3 Å². The summed E-state index contributed by atoms with van der Waals surface area (Å²) in [5.41, 5.74) is 5.52. The number of carboxylic acid groups (broad SMARTS) is 1. The van der Waals surface area contributed by atoms with Crippen LogP contribution >= 0.6 is 18.9 Å². The molecule has 6 aliphatic rings. The van der Waals surface area contributed by atoms with Crippen molar-refractivity contribution in [2.75, 3.05) is 67.7 Å². The summed E-state index contributed by atoms with van der Waals surface area (Å²) in [6.07, 6.45) is 11.1. The van der Waals surface area contributed by atoms with E-state index in [1.54, 1.807) is 50.4 Å². The van der Waals surface area contributed by atoms with Crippen molar-refractivity contribution in [3.05, 3.63) is 131 Å². The number of amides is 7. The van der Waals surface area contributed by atoms with Crippen LogP contribution in [0.1, 0.15) is 148 Å². The van der Waals surface area contributed by atoms with E-state index in [0.29, 0.717) is 90.8 Å². The fourth-order valence-corrected chi connectivity index (χ4v) is 17.9. The molecule has 5 heterocycles. The summed E-state index contributed by atoms with van der Waals surface area (Å²) in [6.45, 7) is 14.1. The number of hydrogen-bond acceptors (Lipinski definition) is 17. The monoisotopic (exact) mass is 1420 g/mol. The van der Waals surface area contributed by atoms with Gasteiger partial charge < -0.3 is 54.9 Å². The molecule has 101 heavy (non-hydrogen) atoms. The lowest BCUT2D eigenvalue weighted by Gasteiger charge is -2.69. The number of rotatable bonds is 32. The number of anilines is 3. The average Bonchev–Trinajstić information content (AvgIpc) is 0.824. The summed E-state index contributed by atoms with van der Waals surface area (Å²) < 4.78 is 33.5. The topological polar surface area (TPSA) is 343 Å². The van der Waals surface area contributed by atoms with Gasteiger partial charge in [-0.1, -0.05) is 81.9 Å². The second-order valence-electron chi connectivity index (χ2n) is 29.0.